The molecule has 0 radical (unpaired) electrons. The number of rotatable bonds is 6. The van der Waals surface area contributed by atoms with E-state index in [0.29, 0.717) is 5.92 Å². The zero-order valence-electron chi connectivity index (χ0n) is 15.6. The minimum absolute atomic E-state index is 0.196. The predicted molar refractivity (Wildman–Crippen MR) is 100 cm³/mol. The Labute approximate surface area is 155 Å². The van der Waals surface area contributed by atoms with Gasteiger partial charge in [-0.1, -0.05) is 13.8 Å². The molecule has 144 valence electrons. The standard InChI is InChI=1S/C19H30N4O3/c1-12(2)18-15(4-3-9-26-18)23-17-10-16(20-11-21-17)22-14-7-5-13(6-8-14)19(24)25/h10-15,18H,3-9H2,1-2H3,(H,24,25)(H2,20,21,22,23). The summed E-state index contributed by atoms with van der Waals surface area (Å²) in [5.74, 6) is 1.18. The Balaban J connectivity index is 1.57. The quantitative estimate of drug-likeness (QED) is 0.715. The monoisotopic (exact) mass is 362 g/mol. The molecule has 0 spiro atoms. The number of carboxylic acids is 1. The van der Waals surface area contributed by atoms with Crippen molar-refractivity contribution in [2.24, 2.45) is 11.8 Å². The number of carbonyl (C=O) groups is 1. The molecule has 7 heteroatoms. The van der Waals surface area contributed by atoms with E-state index in [2.05, 4.69) is 34.4 Å². The van der Waals surface area contributed by atoms with E-state index in [-0.39, 0.29) is 24.1 Å². The molecule has 3 N–H and O–H groups in total. The lowest BCUT2D eigenvalue weighted by atomic mass is 9.86. The van der Waals surface area contributed by atoms with Gasteiger partial charge in [-0.25, -0.2) is 9.97 Å². The van der Waals surface area contributed by atoms with Gasteiger partial charge in [0.15, 0.2) is 0 Å². The summed E-state index contributed by atoms with van der Waals surface area (Å²) in [6, 6.07) is 2.47. The Bertz CT molecular complexity index is 602. The number of hydrogen-bond acceptors (Lipinski definition) is 6. The van der Waals surface area contributed by atoms with Gasteiger partial charge < -0.3 is 20.5 Å². The molecule has 3 rings (SSSR count). The second kappa shape index (κ2) is 8.66. The highest BCUT2D eigenvalue weighted by Gasteiger charge is 2.29. The summed E-state index contributed by atoms with van der Waals surface area (Å²) in [6.45, 7) is 5.20. The van der Waals surface area contributed by atoms with E-state index in [0.717, 1.165) is 56.8 Å². The van der Waals surface area contributed by atoms with Crippen LogP contribution >= 0.6 is 0 Å². The van der Waals surface area contributed by atoms with E-state index >= 15 is 0 Å². The molecule has 0 aromatic carbocycles. The van der Waals surface area contributed by atoms with Crippen molar-refractivity contribution in [2.45, 2.75) is 70.6 Å². The van der Waals surface area contributed by atoms with Gasteiger partial charge in [0.25, 0.3) is 0 Å². The molecule has 1 saturated heterocycles. The maximum absolute atomic E-state index is 11.1. The summed E-state index contributed by atoms with van der Waals surface area (Å²) < 4.78 is 5.94. The number of nitrogens with zero attached hydrogens (tertiary/aromatic N) is 2. The van der Waals surface area contributed by atoms with Crippen LogP contribution in [0.1, 0.15) is 52.4 Å². The van der Waals surface area contributed by atoms with Gasteiger partial charge in [0.05, 0.1) is 18.1 Å². The number of carboxylic acid groups (broad SMARTS) is 1. The summed E-state index contributed by atoms with van der Waals surface area (Å²) in [4.78, 5) is 19.8. The van der Waals surface area contributed by atoms with E-state index in [9.17, 15) is 4.79 Å². The molecule has 1 saturated carbocycles. The van der Waals surface area contributed by atoms with Gasteiger partial charge in [-0.05, 0) is 44.4 Å². The average molecular weight is 362 g/mol. The lowest BCUT2D eigenvalue weighted by Gasteiger charge is -2.35. The van der Waals surface area contributed by atoms with Gasteiger partial charge in [0.2, 0.25) is 0 Å². The van der Waals surface area contributed by atoms with Gasteiger partial charge in [0, 0.05) is 18.7 Å². The molecule has 2 heterocycles. The van der Waals surface area contributed by atoms with Gasteiger partial charge in [0.1, 0.15) is 18.0 Å². The number of nitrogens with one attached hydrogen (secondary N) is 2. The van der Waals surface area contributed by atoms with Crippen molar-refractivity contribution in [3.8, 4) is 0 Å². The molecule has 1 aliphatic carbocycles. The van der Waals surface area contributed by atoms with Crippen molar-refractivity contribution in [2.75, 3.05) is 17.2 Å². The molecule has 0 amide bonds. The van der Waals surface area contributed by atoms with E-state index in [1.165, 1.54) is 0 Å². The largest absolute Gasteiger partial charge is 0.481 e. The van der Waals surface area contributed by atoms with E-state index < -0.39 is 5.97 Å². The molecule has 0 bridgehead atoms. The molecular weight excluding hydrogens is 332 g/mol. The van der Waals surface area contributed by atoms with Crippen molar-refractivity contribution in [3.05, 3.63) is 12.4 Å². The van der Waals surface area contributed by atoms with Crippen molar-refractivity contribution in [1.29, 1.82) is 0 Å². The van der Waals surface area contributed by atoms with Crippen LogP contribution in [0.15, 0.2) is 12.4 Å². The fraction of sp³-hybridized carbons (Fsp3) is 0.737. The summed E-state index contributed by atoms with van der Waals surface area (Å²) in [5, 5.41) is 16.1. The molecule has 2 atom stereocenters. The van der Waals surface area contributed by atoms with Crippen LogP contribution in [-0.4, -0.2) is 45.8 Å². The maximum Gasteiger partial charge on any atom is 0.306 e. The third kappa shape index (κ3) is 4.84. The van der Waals surface area contributed by atoms with E-state index in [4.69, 9.17) is 9.84 Å². The van der Waals surface area contributed by atoms with E-state index in [1.807, 2.05) is 6.07 Å². The first kappa shape index (κ1) is 18.9. The van der Waals surface area contributed by atoms with Crippen molar-refractivity contribution in [1.82, 2.24) is 9.97 Å². The highest BCUT2D eigenvalue weighted by molar-refractivity contribution is 5.70. The Morgan fingerprint density at radius 2 is 1.85 bits per heavy atom. The van der Waals surface area contributed by atoms with Crippen LogP contribution in [0.5, 0.6) is 0 Å². The Hall–Kier alpha value is -1.89. The average Bonchev–Trinajstić information content (AvgIpc) is 2.63. The lowest BCUT2D eigenvalue weighted by molar-refractivity contribution is -0.142. The van der Waals surface area contributed by atoms with Crippen LogP contribution in [0, 0.1) is 11.8 Å². The molecule has 1 aliphatic heterocycles. The Kier molecular flexibility index (Phi) is 6.29. The summed E-state index contributed by atoms with van der Waals surface area (Å²) in [7, 11) is 0. The number of aromatic nitrogens is 2. The first-order valence-electron chi connectivity index (χ1n) is 9.72. The van der Waals surface area contributed by atoms with Crippen molar-refractivity contribution >= 4 is 17.6 Å². The molecular formula is C19H30N4O3. The molecule has 2 unspecified atom stereocenters. The smallest absolute Gasteiger partial charge is 0.306 e. The Morgan fingerprint density at radius 1 is 1.15 bits per heavy atom. The summed E-state index contributed by atoms with van der Waals surface area (Å²) >= 11 is 0. The molecule has 2 fully saturated rings. The topological polar surface area (TPSA) is 96.4 Å². The van der Waals surface area contributed by atoms with Crippen molar-refractivity contribution < 1.29 is 14.6 Å². The van der Waals surface area contributed by atoms with Crippen LogP contribution in [0.4, 0.5) is 11.6 Å². The Morgan fingerprint density at radius 3 is 2.50 bits per heavy atom. The van der Waals surface area contributed by atoms with Crippen LogP contribution in [-0.2, 0) is 9.53 Å². The minimum Gasteiger partial charge on any atom is -0.481 e. The fourth-order valence-electron chi connectivity index (χ4n) is 4.01. The number of aliphatic carboxylic acids is 1. The first-order valence-corrected chi connectivity index (χ1v) is 9.72. The normalized spacial score (nSPS) is 29.3. The zero-order valence-corrected chi connectivity index (χ0v) is 15.6. The zero-order chi connectivity index (χ0) is 18.5. The minimum atomic E-state index is -0.675. The third-order valence-corrected chi connectivity index (χ3v) is 5.45. The molecule has 1 aromatic rings. The number of anilines is 2. The van der Waals surface area contributed by atoms with Crippen LogP contribution in [0.2, 0.25) is 0 Å². The SMILES string of the molecule is CC(C)C1OCCCC1Nc1cc(NC2CCC(C(=O)O)CC2)ncn1. The highest BCUT2D eigenvalue weighted by atomic mass is 16.5. The maximum atomic E-state index is 11.1. The second-order valence-corrected chi connectivity index (χ2v) is 7.79. The van der Waals surface area contributed by atoms with Gasteiger partial charge in [-0.3, -0.25) is 4.79 Å². The predicted octanol–water partition coefficient (Wildman–Crippen LogP) is 3.15. The first-order chi connectivity index (χ1) is 12.5. The van der Waals surface area contributed by atoms with Gasteiger partial charge in [-0.2, -0.15) is 0 Å². The lowest BCUT2D eigenvalue weighted by Crippen LogP contribution is -2.43. The second-order valence-electron chi connectivity index (χ2n) is 7.79. The molecule has 7 nitrogen and oxygen atoms in total. The van der Waals surface area contributed by atoms with Crippen molar-refractivity contribution in [3.63, 3.8) is 0 Å². The highest BCUT2D eigenvalue weighted by Crippen LogP contribution is 2.27. The van der Waals surface area contributed by atoms with Gasteiger partial charge in [-0.15, -0.1) is 0 Å². The fourth-order valence-corrected chi connectivity index (χ4v) is 4.01. The summed E-state index contributed by atoms with van der Waals surface area (Å²) in [5.41, 5.74) is 0. The number of ether oxygens (including phenoxy) is 1. The molecule has 2 aliphatic rings. The van der Waals surface area contributed by atoms with Crippen LogP contribution < -0.4 is 10.6 Å². The van der Waals surface area contributed by atoms with Crippen LogP contribution in [0.25, 0.3) is 0 Å². The number of hydrogen-bond donors (Lipinski definition) is 3. The van der Waals surface area contributed by atoms with E-state index in [1.54, 1.807) is 6.33 Å². The summed E-state index contributed by atoms with van der Waals surface area (Å²) in [6.07, 6.45) is 7.06. The third-order valence-electron chi connectivity index (χ3n) is 5.45. The van der Waals surface area contributed by atoms with Gasteiger partial charge >= 0.3 is 5.97 Å². The molecule has 26 heavy (non-hydrogen) atoms. The van der Waals surface area contributed by atoms with Crippen LogP contribution in [0.3, 0.4) is 0 Å². The molecule has 1 aromatic heterocycles.